The quantitative estimate of drug-likeness (QED) is 0.574. The molecule has 2 aromatic heterocycles. The molecule has 2 atom stereocenters. The van der Waals surface area contributed by atoms with Crippen LogP contribution in [0.5, 0.6) is 0 Å². The normalized spacial score (nSPS) is 18.8. The topological polar surface area (TPSA) is 35.6 Å². The molecule has 24 heavy (non-hydrogen) atoms. The highest BCUT2D eigenvalue weighted by molar-refractivity contribution is 5.67. The number of nitrogens with zero attached hydrogens (tertiary/aromatic N) is 4. The Hall–Kier alpha value is -3.14. The van der Waals surface area contributed by atoms with E-state index in [4.69, 9.17) is 0 Å². The predicted molar refractivity (Wildman–Crippen MR) is 92.6 cm³/mol. The average Bonchev–Trinajstić information content (AvgIpc) is 3.31. The van der Waals surface area contributed by atoms with Gasteiger partial charge in [0.1, 0.15) is 12.1 Å². The van der Waals surface area contributed by atoms with Gasteiger partial charge < -0.3 is 0 Å². The summed E-state index contributed by atoms with van der Waals surface area (Å²) in [5.41, 5.74) is 5.12. The zero-order valence-corrected chi connectivity index (χ0v) is 13.0. The van der Waals surface area contributed by atoms with E-state index in [0.717, 1.165) is 0 Å². The Morgan fingerprint density at radius 3 is 1.92 bits per heavy atom. The minimum absolute atomic E-state index is 0.179. The highest BCUT2D eigenvalue weighted by atomic mass is 15.4. The van der Waals surface area contributed by atoms with Crippen LogP contribution in [-0.2, 0) is 0 Å². The predicted octanol–water partition coefficient (Wildman–Crippen LogP) is 3.94. The minimum Gasteiger partial charge on any atom is -0.263 e. The molecule has 4 heteroatoms. The van der Waals surface area contributed by atoms with Crippen molar-refractivity contribution in [1.82, 2.24) is 19.6 Å². The van der Waals surface area contributed by atoms with E-state index < -0.39 is 0 Å². The van der Waals surface area contributed by atoms with E-state index in [1.165, 1.54) is 22.3 Å². The van der Waals surface area contributed by atoms with Crippen molar-refractivity contribution >= 4 is 0 Å². The number of aromatic nitrogens is 4. The summed E-state index contributed by atoms with van der Waals surface area (Å²) in [6.07, 6.45) is 7.71. The molecule has 4 nitrogen and oxygen atoms in total. The molecule has 1 aliphatic rings. The zero-order valence-electron chi connectivity index (χ0n) is 13.0. The van der Waals surface area contributed by atoms with Gasteiger partial charge in [0.25, 0.3) is 0 Å². The molecule has 0 N–H and O–H groups in total. The number of hydrogen-bond acceptors (Lipinski definition) is 2. The Balaban J connectivity index is 1.64. The van der Waals surface area contributed by atoms with Crippen LogP contribution in [0, 0.1) is 0 Å². The second kappa shape index (κ2) is 5.20. The number of fused-ring (bicyclic) bond motifs is 1. The third-order valence-electron chi connectivity index (χ3n) is 4.75. The molecule has 0 spiro atoms. The molecule has 116 valence electrons. The lowest BCUT2D eigenvalue weighted by Crippen LogP contribution is -2.35. The van der Waals surface area contributed by atoms with Crippen LogP contribution in [0.4, 0.5) is 0 Å². The van der Waals surface area contributed by atoms with E-state index in [1.54, 1.807) is 0 Å². The molecular weight excluding hydrogens is 296 g/mol. The van der Waals surface area contributed by atoms with E-state index in [-0.39, 0.29) is 12.1 Å². The van der Waals surface area contributed by atoms with Crippen LogP contribution in [0.15, 0.2) is 85.5 Å². The third-order valence-corrected chi connectivity index (χ3v) is 4.75. The molecule has 4 aromatic rings. The lowest BCUT2D eigenvalue weighted by Gasteiger charge is -2.40. The van der Waals surface area contributed by atoms with Crippen LogP contribution in [0.2, 0.25) is 0 Å². The van der Waals surface area contributed by atoms with Gasteiger partial charge in [-0.3, -0.25) is 9.36 Å². The summed E-state index contributed by atoms with van der Waals surface area (Å²) >= 11 is 0. The van der Waals surface area contributed by atoms with E-state index >= 15 is 0 Å². The van der Waals surface area contributed by atoms with Crippen molar-refractivity contribution in [3.05, 3.63) is 96.6 Å². The van der Waals surface area contributed by atoms with Gasteiger partial charge in [0.2, 0.25) is 0 Å². The van der Waals surface area contributed by atoms with Crippen molar-refractivity contribution in [2.45, 2.75) is 12.1 Å². The van der Waals surface area contributed by atoms with Gasteiger partial charge in [0.05, 0.1) is 0 Å². The zero-order chi connectivity index (χ0) is 15.9. The van der Waals surface area contributed by atoms with Crippen molar-refractivity contribution in [3.63, 3.8) is 0 Å². The molecule has 0 fully saturated rings. The van der Waals surface area contributed by atoms with Crippen LogP contribution in [0.1, 0.15) is 23.2 Å². The first-order chi connectivity index (χ1) is 11.9. The van der Waals surface area contributed by atoms with E-state index in [9.17, 15) is 0 Å². The number of hydrogen-bond donors (Lipinski definition) is 0. The molecule has 0 amide bonds. The molecule has 0 aliphatic heterocycles. The van der Waals surface area contributed by atoms with Gasteiger partial charge in [0.15, 0.2) is 0 Å². The summed E-state index contributed by atoms with van der Waals surface area (Å²) in [4.78, 5) is 0. The van der Waals surface area contributed by atoms with Gasteiger partial charge in [-0.2, -0.15) is 10.2 Å². The molecular formula is C20H16N4. The van der Waals surface area contributed by atoms with Crippen molar-refractivity contribution in [2.75, 3.05) is 0 Å². The van der Waals surface area contributed by atoms with Crippen LogP contribution in [0.3, 0.4) is 0 Å². The standard InChI is InChI=1S/C20H16N4/c1-2-6-15(7-3-1)16-8-9-17-18(14-16)20(24-13-5-11-22-24)19(17)23-12-4-10-21-23/h1-14,19-20H. The first-order valence-corrected chi connectivity index (χ1v) is 8.09. The fourth-order valence-electron chi connectivity index (χ4n) is 3.62. The molecule has 2 unspecified atom stereocenters. The first-order valence-electron chi connectivity index (χ1n) is 8.09. The Bertz CT molecular complexity index is 956. The number of rotatable bonds is 3. The van der Waals surface area contributed by atoms with Crippen molar-refractivity contribution in [1.29, 1.82) is 0 Å². The number of benzene rings is 2. The molecule has 2 heterocycles. The first kappa shape index (κ1) is 13.3. The SMILES string of the molecule is c1ccc(-c2ccc3c(c2)C(n2cccn2)C3n2cccn2)cc1. The molecule has 0 bridgehead atoms. The largest absolute Gasteiger partial charge is 0.263 e. The fourth-order valence-corrected chi connectivity index (χ4v) is 3.62. The van der Waals surface area contributed by atoms with Gasteiger partial charge in [0, 0.05) is 24.8 Å². The monoisotopic (exact) mass is 312 g/mol. The van der Waals surface area contributed by atoms with E-state index in [2.05, 4.69) is 52.7 Å². The second-order valence-electron chi connectivity index (χ2n) is 6.07. The fraction of sp³-hybridized carbons (Fsp3) is 0.100. The Morgan fingerprint density at radius 1 is 0.625 bits per heavy atom. The third kappa shape index (κ3) is 1.93. The highest BCUT2D eigenvalue weighted by Crippen LogP contribution is 2.48. The van der Waals surface area contributed by atoms with Gasteiger partial charge in [-0.1, -0.05) is 42.5 Å². The van der Waals surface area contributed by atoms with Crippen LogP contribution >= 0.6 is 0 Å². The summed E-state index contributed by atoms with van der Waals surface area (Å²) in [5.74, 6) is 0. The van der Waals surface area contributed by atoms with Crippen LogP contribution in [-0.4, -0.2) is 19.6 Å². The summed E-state index contributed by atoms with van der Waals surface area (Å²) in [5, 5.41) is 8.93. The molecule has 0 saturated carbocycles. The maximum absolute atomic E-state index is 4.48. The highest BCUT2D eigenvalue weighted by Gasteiger charge is 2.41. The van der Waals surface area contributed by atoms with Crippen molar-refractivity contribution in [2.24, 2.45) is 0 Å². The lowest BCUT2D eigenvalue weighted by atomic mass is 9.76. The average molecular weight is 312 g/mol. The molecule has 5 rings (SSSR count). The second-order valence-corrected chi connectivity index (χ2v) is 6.07. The maximum Gasteiger partial charge on any atom is 0.104 e. The molecule has 0 saturated heterocycles. The Labute approximate surface area is 140 Å². The summed E-state index contributed by atoms with van der Waals surface area (Å²) in [7, 11) is 0. The van der Waals surface area contributed by atoms with E-state index in [0.29, 0.717) is 0 Å². The lowest BCUT2D eigenvalue weighted by molar-refractivity contribution is 0.320. The smallest absolute Gasteiger partial charge is 0.104 e. The Kier molecular flexibility index (Phi) is 2.88. The molecule has 1 aliphatic carbocycles. The molecule has 0 radical (unpaired) electrons. The van der Waals surface area contributed by atoms with Crippen LogP contribution < -0.4 is 0 Å². The Morgan fingerprint density at radius 2 is 1.29 bits per heavy atom. The summed E-state index contributed by atoms with van der Waals surface area (Å²) in [6, 6.07) is 21.5. The van der Waals surface area contributed by atoms with Gasteiger partial charge in [-0.05, 0) is 40.5 Å². The van der Waals surface area contributed by atoms with Crippen LogP contribution in [0.25, 0.3) is 11.1 Å². The summed E-state index contributed by atoms with van der Waals surface area (Å²) in [6.45, 7) is 0. The van der Waals surface area contributed by atoms with Gasteiger partial charge in [-0.15, -0.1) is 0 Å². The minimum atomic E-state index is 0.179. The van der Waals surface area contributed by atoms with Crippen molar-refractivity contribution < 1.29 is 0 Å². The molecule has 2 aromatic carbocycles. The van der Waals surface area contributed by atoms with Crippen molar-refractivity contribution in [3.8, 4) is 11.1 Å². The maximum atomic E-state index is 4.48. The van der Waals surface area contributed by atoms with Gasteiger partial charge >= 0.3 is 0 Å². The van der Waals surface area contributed by atoms with Gasteiger partial charge in [-0.25, -0.2) is 0 Å². The van der Waals surface area contributed by atoms with E-state index in [1.807, 2.05) is 52.4 Å². The summed E-state index contributed by atoms with van der Waals surface area (Å²) < 4.78 is 4.06.